The third-order valence-electron chi connectivity index (χ3n) is 3.46. The molecule has 0 spiro atoms. The molecule has 1 aliphatic heterocycles. The van der Waals surface area contributed by atoms with Crippen LogP contribution in [0.1, 0.15) is 18.9 Å². The summed E-state index contributed by atoms with van der Waals surface area (Å²) in [5.74, 6) is -0.880. The number of nitrogens with zero attached hydrogens (tertiary/aromatic N) is 1. The minimum Gasteiger partial charge on any atom is -0.469 e. The first-order valence-electron chi connectivity index (χ1n) is 6.35. The van der Waals surface area contributed by atoms with Crippen molar-refractivity contribution in [2.24, 2.45) is 0 Å². The number of methoxy groups -OCH3 is 1. The van der Waals surface area contributed by atoms with Gasteiger partial charge in [0.1, 0.15) is 5.54 Å². The molecule has 7 heteroatoms. The maximum atomic E-state index is 12.5. The number of hydrogen-bond acceptors (Lipinski definition) is 4. The van der Waals surface area contributed by atoms with Gasteiger partial charge in [-0.15, -0.1) is 0 Å². The zero-order valence-electron chi connectivity index (χ0n) is 11.7. The van der Waals surface area contributed by atoms with Crippen molar-refractivity contribution in [1.29, 1.82) is 0 Å². The Balaban J connectivity index is 2.20. The molecule has 2 rings (SSSR count). The molecule has 0 saturated carbocycles. The van der Waals surface area contributed by atoms with Crippen LogP contribution in [-0.4, -0.2) is 36.5 Å². The molecule has 21 heavy (non-hydrogen) atoms. The molecule has 0 aliphatic carbocycles. The minimum atomic E-state index is -1.15. The number of carbonyl (C=O) groups excluding carboxylic acids is 3. The molecule has 1 aromatic rings. The SMILES string of the molecule is COC(=O)CCN1C(=O)N[C@](C)(c2ccc(Cl)cc2)C1=O. The standard InChI is InChI=1S/C14H15ClN2O4/c1-14(9-3-5-10(15)6-4-9)12(19)17(13(20)16-14)8-7-11(18)21-2/h3-6H,7-8H2,1-2H3,(H,16,20)/t14-/m1/s1. The van der Waals surface area contributed by atoms with E-state index in [9.17, 15) is 14.4 Å². The quantitative estimate of drug-likeness (QED) is 0.678. The van der Waals surface area contributed by atoms with Crippen molar-refractivity contribution in [3.05, 3.63) is 34.9 Å². The van der Waals surface area contributed by atoms with Gasteiger partial charge in [0.25, 0.3) is 5.91 Å². The first kappa shape index (κ1) is 15.3. The van der Waals surface area contributed by atoms with Crippen LogP contribution >= 0.6 is 11.6 Å². The summed E-state index contributed by atoms with van der Waals surface area (Å²) in [6, 6.07) is 6.15. The van der Waals surface area contributed by atoms with E-state index in [1.165, 1.54) is 7.11 Å². The minimum absolute atomic E-state index is 0.0134. The number of benzene rings is 1. The second-order valence-electron chi connectivity index (χ2n) is 4.84. The third kappa shape index (κ3) is 2.85. The van der Waals surface area contributed by atoms with Crippen molar-refractivity contribution in [3.63, 3.8) is 0 Å². The molecule has 0 bridgehead atoms. The number of urea groups is 1. The fourth-order valence-corrected chi connectivity index (χ4v) is 2.31. The molecule has 1 aliphatic rings. The van der Waals surface area contributed by atoms with Gasteiger partial charge in [-0.05, 0) is 24.6 Å². The van der Waals surface area contributed by atoms with E-state index < -0.39 is 23.4 Å². The van der Waals surface area contributed by atoms with Gasteiger partial charge in [-0.2, -0.15) is 0 Å². The van der Waals surface area contributed by atoms with Crippen LogP contribution in [0.5, 0.6) is 0 Å². The van der Waals surface area contributed by atoms with Gasteiger partial charge in [-0.25, -0.2) is 4.79 Å². The van der Waals surface area contributed by atoms with Gasteiger partial charge in [0.2, 0.25) is 0 Å². The van der Waals surface area contributed by atoms with E-state index in [1.807, 2.05) is 0 Å². The molecule has 1 fully saturated rings. The van der Waals surface area contributed by atoms with E-state index in [4.69, 9.17) is 11.6 Å². The maximum absolute atomic E-state index is 12.5. The smallest absolute Gasteiger partial charge is 0.325 e. The second-order valence-corrected chi connectivity index (χ2v) is 5.28. The lowest BCUT2D eigenvalue weighted by atomic mass is 9.92. The Kier molecular flexibility index (Phi) is 4.18. The highest BCUT2D eigenvalue weighted by molar-refractivity contribution is 6.30. The average Bonchev–Trinajstić information content (AvgIpc) is 2.68. The summed E-state index contributed by atoms with van der Waals surface area (Å²) in [6.45, 7) is 1.61. The second kappa shape index (κ2) is 5.73. The van der Waals surface area contributed by atoms with Crippen LogP contribution < -0.4 is 5.32 Å². The zero-order chi connectivity index (χ0) is 15.6. The molecule has 1 saturated heterocycles. The highest BCUT2D eigenvalue weighted by Crippen LogP contribution is 2.29. The molecule has 1 atom stereocenters. The predicted octanol–water partition coefficient (Wildman–Crippen LogP) is 1.67. The number of rotatable bonds is 4. The van der Waals surface area contributed by atoms with Crippen molar-refractivity contribution in [2.75, 3.05) is 13.7 Å². The van der Waals surface area contributed by atoms with E-state index in [0.29, 0.717) is 10.6 Å². The van der Waals surface area contributed by atoms with Crippen molar-refractivity contribution in [2.45, 2.75) is 18.9 Å². The van der Waals surface area contributed by atoms with Crippen LogP contribution in [-0.2, 0) is 19.9 Å². The lowest BCUT2D eigenvalue weighted by Gasteiger charge is -2.22. The molecule has 3 amide bonds. The number of imide groups is 1. The first-order chi connectivity index (χ1) is 9.88. The Labute approximate surface area is 127 Å². The molecular formula is C14H15ClN2O4. The molecule has 1 aromatic carbocycles. The lowest BCUT2D eigenvalue weighted by Crippen LogP contribution is -2.41. The van der Waals surface area contributed by atoms with Gasteiger partial charge in [-0.1, -0.05) is 23.7 Å². The Morgan fingerprint density at radius 3 is 2.52 bits per heavy atom. The van der Waals surface area contributed by atoms with Gasteiger partial charge in [-0.3, -0.25) is 14.5 Å². The Bertz CT molecular complexity index is 587. The summed E-state index contributed by atoms with van der Waals surface area (Å²) in [5.41, 5.74) is -0.525. The molecule has 6 nitrogen and oxygen atoms in total. The van der Waals surface area contributed by atoms with Crippen molar-refractivity contribution in [1.82, 2.24) is 10.2 Å². The molecule has 1 N–H and O–H groups in total. The number of nitrogens with one attached hydrogen (secondary N) is 1. The predicted molar refractivity (Wildman–Crippen MR) is 75.7 cm³/mol. The summed E-state index contributed by atoms with van der Waals surface area (Å²) >= 11 is 5.82. The van der Waals surface area contributed by atoms with Gasteiger partial charge < -0.3 is 10.1 Å². The normalized spacial score (nSPS) is 21.4. The fourth-order valence-electron chi connectivity index (χ4n) is 2.18. The summed E-state index contributed by atoms with van der Waals surface area (Å²) in [4.78, 5) is 36.6. The summed E-state index contributed by atoms with van der Waals surface area (Å²) in [6.07, 6.45) is -0.0354. The third-order valence-corrected chi connectivity index (χ3v) is 3.72. The lowest BCUT2D eigenvalue weighted by molar-refractivity contribution is -0.141. The number of ether oxygens (including phenoxy) is 1. The number of esters is 1. The Hall–Kier alpha value is -2.08. The van der Waals surface area contributed by atoms with Crippen LogP contribution in [0.3, 0.4) is 0 Å². The number of hydrogen-bond donors (Lipinski definition) is 1. The maximum Gasteiger partial charge on any atom is 0.325 e. The van der Waals surface area contributed by atoms with E-state index in [1.54, 1.807) is 31.2 Å². The number of carbonyl (C=O) groups is 3. The monoisotopic (exact) mass is 310 g/mol. The van der Waals surface area contributed by atoms with E-state index in [2.05, 4.69) is 10.1 Å². The molecule has 0 unspecified atom stereocenters. The van der Waals surface area contributed by atoms with Gasteiger partial charge in [0.05, 0.1) is 13.5 Å². The zero-order valence-corrected chi connectivity index (χ0v) is 12.4. The Morgan fingerprint density at radius 2 is 1.95 bits per heavy atom. The van der Waals surface area contributed by atoms with E-state index in [0.717, 1.165) is 4.90 Å². The largest absolute Gasteiger partial charge is 0.469 e. The first-order valence-corrected chi connectivity index (χ1v) is 6.73. The fraction of sp³-hybridized carbons (Fsp3) is 0.357. The van der Waals surface area contributed by atoms with Gasteiger partial charge in [0.15, 0.2) is 0 Å². The molecular weight excluding hydrogens is 296 g/mol. The van der Waals surface area contributed by atoms with Crippen LogP contribution in [0, 0.1) is 0 Å². The summed E-state index contributed by atoms with van der Waals surface area (Å²) < 4.78 is 4.51. The molecule has 0 radical (unpaired) electrons. The summed E-state index contributed by atoms with van der Waals surface area (Å²) in [5, 5.41) is 3.19. The number of amides is 3. The van der Waals surface area contributed by atoms with Crippen molar-refractivity contribution < 1.29 is 19.1 Å². The highest BCUT2D eigenvalue weighted by atomic mass is 35.5. The van der Waals surface area contributed by atoms with E-state index >= 15 is 0 Å². The van der Waals surface area contributed by atoms with Crippen molar-refractivity contribution in [3.8, 4) is 0 Å². The van der Waals surface area contributed by atoms with Crippen LogP contribution in [0.2, 0.25) is 5.02 Å². The highest BCUT2D eigenvalue weighted by Gasteiger charge is 2.48. The van der Waals surface area contributed by atoms with Crippen LogP contribution in [0.15, 0.2) is 24.3 Å². The van der Waals surface area contributed by atoms with E-state index in [-0.39, 0.29) is 13.0 Å². The molecule has 112 valence electrons. The molecule has 1 heterocycles. The van der Waals surface area contributed by atoms with Crippen LogP contribution in [0.25, 0.3) is 0 Å². The van der Waals surface area contributed by atoms with Gasteiger partial charge in [0, 0.05) is 11.6 Å². The Morgan fingerprint density at radius 1 is 1.33 bits per heavy atom. The summed E-state index contributed by atoms with van der Waals surface area (Å²) in [7, 11) is 1.26. The van der Waals surface area contributed by atoms with Crippen LogP contribution in [0.4, 0.5) is 4.79 Å². The van der Waals surface area contributed by atoms with Crippen molar-refractivity contribution >= 4 is 29.5 Å². The molecule has 0 aromatic heterocycles. The number of halogens is 1. The average molecular weight is 311 g/mol. The topological polar surface area (TPSA) is 75.7 Å². The van der Waals surface area contributed by atoms with Gasteiger partial charge >= 0.3 is 12.0 Å².